The van der Waals surface area contributed by atoms with Crippen LogP contribution in [0.2, 0.25) is 0 Å². The fourth-order valence-electron chi connectivity index (χ4n) is 1.31. The molecule has 1 N–H and O–H groups in total. The van der Waals surface area contributed by atoms with Gasteiger partial charge >= 0.3 is 0 Å². The van der Waals surface area contributed by atoms with Crippen molar-refractivity contribution in [1.82, 2.24) is 20.4 Å². The molecule has 5 nitrogen and oxygen atoms in total. The van der Waals surface area contributed by atoms with E-state index in [0.29, 0.717) is 23.5 Å². The van der Waals surface area contributed by atoms with Gasteiger partial charge in [-0.25, -0.2) is 0 Å². The van der Waals surface area contributed by atoms with Gasteiger partial charge in [-0.2, -0.15) is 4.98 Å². The Bertz CT molecular complexity index is 440. The summed E-state index contributed by atoms with van der Waals surface area (Å²) in [7, 11) is 1.91. The van der Waals surface area contributed by atoms with Gasteiger partial charge in [-0.1, -0.05) is 11.2 Å². The second-order valence-corrected chi connectivity index (χ2v) is 3.62. The number of nitrogens with zero attached hydrogens (tertiary/aromatic N) is 3. The largest absolute Gasteiger partial charge is 0.332 e. The lowest BCUT2D eigenvalue weighted by Gasteiger charge is -2.04. The van der Waals surface area contributed by atoms with Crippen molar-refractivity contribution in [2.75, 3.05) is 7.05 Å². The van der Waals surface area contributed by atoms with Gasteiger partial charge in [0.1, 0.15) is 5.69 Å². The highest BCUT2D eigenvalue weighted by Gasteiger charge is 2.11. The standard InChI is InChI=1S/C11H14N4O/c1-8(12-2)7-10-14-11(16-15-10)9-5-3-4-6-13-9/h3-6,8,12H,7H2,1-2H3. The molecule has 0 aliphatic heterocycles. The van der Waals surface area contributed by atoms with Crippen LogP contribution in [-0.4, -0.2) is 28.2 Å². The van der Waals surface area contributed by atoms with Crippen LogP contribution < -0.4 is 5.32 Å². The van der Waals surface area contributed by atoms with Crippen LogP contribution in [0.1, 0.15) is 12.7 Å². The predicted octanol–water partition coefficient (Wildman–Crippen LogP) is 1.28. The molecular formula is C11H14N4O. The van der Waals surface area contributed by atoms with Crippen LogP contribution >= 0.6 is 0 Å². The molecule has 0 saturated carbocycles. The highest BCUT2D eigenvalue weighted by atomic mass is 16.5. The smallest absolute Gasteiger partial charge is 0.276 e. The van der Waals surface area contributed by atoms with E-state index < -0.39 is 0 Å². The highest BCUT2D eigenvalue weighted by Crippen LogP contribution is 2.13. The first kappa shape index (κ1) is 10.8. The van der Waals surface area contributed by atoms with Crippen molar-refractivity contribution in [3.05, 3.63) is 30.2 Å². The molecule has 0 amide bonds. The maximum absolute atomic E-state index is 5.14. The summed E-state index contributed by atoms with van der Waals surface area (Å²) in [5, 5.41) is 7.04. The number of hydrogen-bond donors (Lipinski definition) is 1. The summed E-state index contributed by atoms with van der Waals surface area (Å²) < 4.78 is 5.14. The van der Waals surface area contributed by atoms with Crippen molar-refractivity contribution < 1.29 is 4.52 Å². The van der Waals surface area contributed by atoms with E-state index in [4.69, 9.17) is 4.52 Å². The summed E-state index contributed by atoms with van der Waals surface area (Å²) in [5.74, 6) is 1.17. The Morgan fingerprint density at radius 3 is 3.00 bits per heavy atom. The summed E-state index contributed by atoms with van der Waals surface area (Å²) in [5.41, 5.74) is 0.707. The Morgan fingerprint density at radius 2 is 2.31 bits per heavy atom. The second-order valence-electron chi connectivity index (χ2n) is 3.62. The first-order valence-electron chi connectivity index (χ1n) is 5.21. The fourth-order valence-corrected chi connectivity index (χ4v) is 1.31. The minimum Gasteiger partial charge on any atom is -0.332 e. The molecule has 0 aliphatic carbocycles. The maximum atomic E-state index is 5.14. The Kier molecular flexibility index (Phi) is 3.26. The van der Waals surface area contributed by atoms with Gasteiger partial charge in [0.05, 0.1) is 0 Å². The van der Waals surface area contributed by atoms with Crippen LogP contribution in [0.3, 0.4) is 0 Å². The lowest BCUT2D eigenvalue weighted by atomic mass is 10.2. The van der Waals surface area contributed by atoms with E-state index in [-0.39, 0.29) is 0 Å². The molecule has 5 heteroatoms. The average molecular weight is 218 g/mol. The van der Waals surface area contributed by atoms with E-state index in [9.17, 15) is 0 Å². The van der Waals surface area contributed by atoms with Gasteiger partial charge in [-0.15, -0.1) is 0 Å². The minimum absolute atomic E-state index is 0.328. The average Bonchev–Trinajstić information content (AvgIpc) is 2.78. The topological polar surface area (TPSA) is 63.8 Å². The predicted molar refractivity (Wildman–Crippen MR) is 59.8 cm³/mol. The number of pyridine rings is 1. The number of rotatable bonds is 4. The molecule has 0 aliphatic rings. The monoisotopic (exact) mass is 218 g/mol. The molecule has 0 aromatic carbocycles. The van der Waals surface area contributed by atoms with Gasteiger partial charge in [0, 0.05) is 18.7 Å². The molecule has 2 aromatic rings. The fraction of sp³-hybridized carbons (Fsp3) is 0.364. The third-order valence-electron chi connectivity index (χ3n) is 2.33. The summed E-state index contributed by atoms with van der Waals surface area (Å²) in [6, 6.07) is 5.92. The van der Waals surface area contributed by atoms with E-state index in [1.165, 1.54) is 0 Å². The van der Waals surface area contributed by atoms with Crippen molar-refractivity contribution in [1.29, 1.82) is 0 Å². The van der Waals surface area contributed by atoms with Crippen LogP contribution in [0.15, 0.2) is 28.9 Å². The zero-order chi connectivity index (χ0) is 11.4. The summed E-state index contributed by atoms with van der Waals surface area (Å²) in [4.78, 5) is 8.44. The van der Waals surface area contributed by atoms with Gasteiger partial charge in [-0.3, -0.25) is 4.98 Å². The summed E-state index contributed by atoms with van der Waals surface area (Å²) >= 11 is 0. The van der Waals surface area contributed by atoms with Crippen LogP contribution in [-0.2, 0) is 6.42 Å². The summed E-state index contributed by atoms with van der Waals surface area (Å²) in [6.07, 6.45) is 2.45. The van der Waals surface area contributed by atoms with E-state index in [0.717, 1.165) is 6.42 Å². The van der Waals surface area contributed by atoms with E-state index in [1.807, 2.05) is 25.2 Å². The number of nitrogens with one attached hydrogen (secondary N) is 1. The van der Waals surface area contributed by atoms with Gasteiger partial charge in [0.15, 0.2) is 5.82 Å². The third kappa shape index (κ3) is 2.43. The molecule has 0 spiro atoms. The second kappa shape index (κ2) is 4.85. The molecule has 2 rings (SSSR count). The van der Waals surface area contributed by atoms with Crippen molar-refractivity contribution in [3.63, 3.8) is 0 Å². The van der Waals surface area contributed by atoms with Gasteiger partial charge < -0.3 is 9.84 Å². The molecule has 0 radical (unpaired) electrons. The SMILES string of the molecule is CNC(C)Cc1noc(-c2ccccn2)n1. The Balaban J connectivity index is 2.14. The van der Waals surface area contributed by atoms with Crippen LogP contribution in [0.25, 0.3) is 11.6 Å². The van der Waals surface area contributed by atoms with Crippen molar-refractivity contribution in [2.45, 2.75) is 19.4 Å². The lowest BCUT2D eigenvalue weighted by Crippen LogP contribution is -2.24. The van der Waals surface area contributed by atoms with E-state index >= 15 is 0 Å². The first-order valence-corrected chi connectivity index (χ1v) is 5.21. The Hall–Kier alpha value is -1.75. The molecule has 0 fully saturated rings. The minimum atomic E-state index is 0.328. The Labute approximate surface area is 93.9 Å². The van der Waals surface area contributed by atoms with E-state index in [1.54, 1.807) is 6.20 Å². The quantitative estimate of drug-likeness (QED) is 0.837. The molecule has 2 aromatic heterocycles. The van der Waals surface area contributed by atoms with Crippen LogP contribution in [0.4, 0.5) is 0 Å². The molecule has 1 atom stereocenters. The Morgan fingerprint density at radius 1 is 1.44 bits per heavy atom. The third-order valence-corrected chi connectivity index (χ3v) is 2.33. The first-order chi connectivity index (χ1) is 7.79. The molecule has 0 bridgehead atoms. The van der Waals surface area contributed by atoms with E-state index in [2.05, 4.69) is 27.4 Å². The lowest BCUT2D eigenvalue weighted by molar-refractivity contribution is 0.417. The zero-order valence-electron chi connectivity index (χ0n) is 9.34. The molecule has 2 heterocycles. The molecular weight excluding hydrogens is 204 g/mol. The van der Waals surface area contributed by atoms with Gasteiger partial charge in [0.2, 0.25) is 0 Å². The highest BCUT2D eigenvalue weighted by molar-refractivity contribution is 5.45. The van der Waals surface area contributed by atoms with Gasteiger partial charge in [0.25, 0.3) is 5.89 Å². The molecule has 16 heavy (non-hydrogen) atoms. The normalized spacial score (nSPS) is 12.6. The van der Waals surface area contributed by atoms with Crippen molar-refractivity contribution >= 4 is 0 Å². The molecule has 84 valence electrons. The van der Waals surface area contributed by atoms with Crippen molar-refractivity contribution in [2.24, 2.45) is 0 Å². The molecule has 0 saturated heterocycles. The maximum Gasteiger partial charge on any atom is 0.276 e. The number of aromatic nitrogens is 3. The van der Waals surface area contributed by atoms with Crippen molar-refractivity contribution in [3.8, 4) is 11.6 Å². The number of hydrogen-bond acceptors (Lipinski definition) is 5. The summed E-state index contributed by atoms with van der Waals surface area (Å²) in [6.45, 7) is 2.07. The molecule has 1 unspecified atom stereocenters. The zero-order valence-corrected chi connectivity index (χ0v) is 9.34. The van der Waals surface area contributed by atoms with Crippen LogP contribution in [0.5, 0.6) is 0 Å². The number of likely N-dealkylation sites (N-methyl/N-ethyl adjacent to an activating group) is 1. The van der Waals surface area contributed by atoms with Crippen LogP contribution in [0, 0.1) is 0 Å². The van der Waals surface area contributed by atoms with Gasteiger partial charge in [-0.05, 0) is 26.1 Å².